The van der Waals surface area contributed by atoms with E-state index in [-0.39, 0.29) is 5.82 Å². The maximum atomic E-state index is 13.4. The molecule has 0 amide bonds. The number of nitrogens with zero attached hydrogens (tertiary/aromatic N) is 7. The summed E-state index contributed by atoms with van der Waals surface area (Å²) in [5.41, 5.74) is 0.624. The first-order valence-electron chi connectivity index (χ1n) is 8.52. The Morgan fingerprint density at radius 3 is 2.50 bits per heavy atom. The molecule has 1 aromatic carbocycles. The van der Waals surface area contributed by atoms with Gasteiger partial charge in [-0.15, -0.1) is 0 Å². The summed E-state index contributed by atoms with van der Waals surface area (Å²) in [6.45, 7) is 3.17. The van der Waals surface area contributed by atoms with Crippen molar-refractivity contribution in [2.45, 2.75) is 0 Å². The SMILES string of the molecule is CN(C)c1ccnc(N2CCN(c3ncnc4cc(F)ccc34)CC2)n1. The van der Waals surface area contributed by atoms with Gasteiger partial charge in [0.25, 0.3) is 0 Å². The summed E-state index contributed by atoms with van der Waals surface area (Å²) in [4.78, 5) is 24.0. The number of benzene rings is 1. The van der Waals surface area contributed by atoms with Crippen molar-refractivity contribution in [2.75, 3.05) is 55.0 Å². The molecule has 2 aromatic heterocycles. The third-order valence-electron chi connectivity index (χ3n) is 4.53. The molecule has 3 aromatic rings. The minimum Gasteiger partial charge on any atom is -0.363 e. The number of fused-ring (bicyclic) bond motifs is 1. The average Bonchev–Trinajstić information content (AvgIpc) is 2.67. The lowest BCUT2D eigenvalue weighted by molar-refractivity contribution is 0.628. The van der Waals surface area contributed by atoms with E-state index in [0.717, 1.165) is 49.1 Å². The smallest absolute Gasteiger partial charge is 0.227 e. The lowest BCUT2D eigenvalue weighted by Gasteiger charge is -2.35. The van der Waals surface area contributed by atoms with Crippen LogP contribution in [0.3, 0.4) is 0 Å². The van der Waals surface area contributed by atoms with Gasteiger partial charge in [0.15, 0.2) is 0 Å². The molecule has 0 radical (unpaired) electrons. The van der Waals surface area contributed by atoms with Crippen molar-refractivity contribution < 1.29 is 4.39 Å². The van der Waals surface area contributed by atoms with Crippen LogP contribution in [0.2, 0.25) is 0 Å². The molecule has 8 heteroatoms. The second kappa shape index (κ2) is 6.70. The van der Waals surface area contributed by atoms with E-state index in [0.29, 0.717) is 5.52 Å². The summed E-state index contributed by atoms with van der Waals surface area (Å²) in [5.74, 6) is 2.19. The van der Waals surface area contributed by atoms with Crippen molar-refractivity contribution in [1.29, 1.82) is 0 Å². The summed E-state index contributed by atoms with van der Waals surface area (Å²) in [7, 11) is 3.93. The van der Waals surface area contributed by atoms with E-state index in [1.807, 2.05) is 25.1 Å². The maximum absolute atomic E-state index is 13.4. The fourth-order valence-corrected chi connectivity index (χ4v) is 3.13. The summed E-state index contributed by atoms with van der Waals surface area (Å²) in [6, 6.07) is 6.53. The van der Waals surface area contributed by atoms with Crippen LogP contribution in [0.4, 0.5) is 22.0 Å². The van der Waals surface area contributed by atoms with Crippen LogP contribution in [0.1, 0.15) is 0 Å². The van der Waals surface area contributed by atoms with E-state index in [1.165, 1.54) is 18.5 Å². The molecule has 0 saturated carbocycles. The number of hydrogen-bond acceptors (Lipinski definition) is 7. The second-order valence-corrected chi connectivity index (χ2v) is 6.44. The Morgan fingerprint density at radius 2 is 1.73 bits per heavy atom. The molecule has 26 heavy (non-hydrogen) atoms. The highest BCUT2D eigenvalue weighted by Crippen LogP contribution is 2.25. The van der Waals surface area contributed by atoms with Gasteiger partial charge in [-0.1, -0.05) is 0 Å². The van der Waals surface area contributed by atoms with Crippen molar-refractivity contribution in [3.63, 3.8) is 0 Å². The lowest BCUT2D eigenvalue weighted by Crippen LogP contribution is -2.47. The highest BCUT2D eigenvalue weighted by molar-refractivity contribution is 5.89. The molecule has 1 saturated heterocycles. The monoisotopic (exact) mass is 353 g/mol. The molecule has 1 fully saturated rings. The van der Waals surface area contributed by atoms with Gasteiger partial charge >= 0.3 is 0 Å². The van der Waals surface area contributed by atoms with Crippen LogP contribution in [0.15, 0.2) is 36.8 Å². The van der Waals surface area contributed by atoms with E-state index >= 15 is 0 Å². The Hall–Kier alpha value is -3.03. The Morgan fingerprint density at radius 1 is 0.962 bits per heavy atom. The summed E-state index contributed by atoms with van der Waals surface area (Å²) >= 11 is 0. The number of anilines is 3. The van der Waals surface area contributed by atoms with Crippen LogP contribution >= 0.6 is 0 Å². The Labute approximate surface area is 151 Å². The molecule has 3 heterocycles. The van der Waals surface area contributed by atoms with E-state index in [9.17, 15) is 4.39 Å². The molecular weight excluding hydrogens is 333 g/mol. The predicted molar refractivity (Wildman–Crippen MR) is 100 cm³/mol. The normalized spacial score (nSPS) is 14.7. The molecule has 0 unspecified atom stereocenters. The molecule has 0 N–H and O–H groups in total. The molecule has 134 valence electrons. The molecule has 1 aliphatic heterocycles. The number of hydrogen-bond donors (Lipinski definition) is 0. The summed E-state index contributed by atoms with van der Waals surface area (Å²) in [6.07, 6.45) is 3.28. The molecule has 0 bridgehead atoms. The zero-order valence-corrected chi connectivity index (χ0v) is 14.8. The first-order valence-corrected chi connectivity index (χ1v) is 8.52. The Balaban J connectivity index is 1.53. The first kappa shape index (κ1) is 16.4. The average molecular weight is 353 g/mol. The fourth-order valence-electron chi connectivity index (χ4n) is 3.13. The lowest BCUT2D eigenvalue weighted by atomic mass is 10.2. The zero-order chi connectivity index (χ0) is 18.1. The van der Waals surface area contributed by atoms with Gasteiger partial charge in [-0.2, -0.15) is 4.98 Å². The third-order valence-corrected chi connectivity index (χ3v) is 4.53. The molecule has 1 aliphatic rings. The van der Waals surface area contributed by atoms with Crippen molar-refractivity contribution in [1.82, 2.24) is 19.9 Å². The maximum Gasteiger partial charge on any atom is 0.227 e. The van der Waals surface area contributed by atoms with E-state index in [1.54, 1.807) is 12.3 Å². The van der Waals surface area contributed by atoms with Crippen LogP contribution in [-0.4, -0.2) is 60.2 Å². The van der Waals surface area contributed by atoms with E-state index in [4.69, 9.17) is 0 Å². The fraction of sp³-hybridized carbons (Fsp3) is 0.333. The highest BCUT2D eigenvalue weighted by Gasteiger charge is 2.22. The van der Waals surface area contributed by atoms with Crippen LogP contribution in [0, 0.1) is 5.82 Å². The van der Waals surface area contributed by atoms with E-state index < -0.39 is 0 Å². The standard InChI is InChI=1S/C18H20FN7/c1-24(2)16-5-6-20-18(23-16)26-9-7-25(8-10-26)17-14-4-3-13(19)11-15(14)21-12-22-17/h3-6,11-12H,7-10H2,1-2H3. The van der Waals surface area contributed by atoms with Gasteiger partial charge in [0.2, 0.25) is 5.95 Å². The van der Waals surface area contributed by atoms with Crippen molar-refractivity contribution in [2.24, 2.45) is 0 Å². The second-order valence-electron chi connectivity index (χ2n) is 6.44. The van der Waals surface area contributed by atoms with Crippen molar-refractivity contribution >= 4 is 28.5 Å². The van der Waals surface area contributed by atoms with Gasteiger partial charge in [0.1, 0.15) is 23.8 Å². The summed E-state index contributed by atoms with van der Waals surface area (Å²) < 4.78 is 13.4. The summed E-state index contributed by atoms with van der Waals surface area (Å²) in [5, 5.41) is 0.869. The molecule has 4 rings (SSSR count). The zero-order valence-electron chi connectivity index (χ0n) is 14.8. The molecule has 0 spiro atoms. The van der Waals surface area contributed by atoms with Gasteiger partial charge in [-0.25, -0.2) is 19.3 Å². The van der Waals surface area contributed by atoms with Crippen LogP contribution in [-0.2, 0) is 0 Å². The Kier molecular flexibility index (Phi) is 4.24. The molecule has 0 atom stereocenters. The van der Waals surface area contributed by atoms with Crippen molar-refractivity contribution in [3.05, 3.63) is 42.6 Å². The topological polar surface area (TPSA) is 61.3 Å². The van der Waals surface area contributed by atoms with Crippen LogP contribution < -0.4 is 14.7 Å². The van der Waals surface area contributed by atoms with Gasteiger partial charge in [-0.3, -0.25) is 0 Å². The van der Waals surface area contributed by atoms with Gasteiger partial charge in [-0.05, 0) is 18.2 Å². The molecule has 7 nitrogen and oxygen atoms in total. The van der Waals surface area contributed by atoms with Crippen LogP contribution in [0.5, 0.6) is 0 Å². The highest BCUT2D eigenvalue weighted by atomic mass is 19.1. The Bertz CT molecular complexity index is 922. The van der Waals surface area contributed by atoms with Crippen molar-refractivity contribution in [3.8, 4) is 0 Å². The number of rotatable bonds is 3. The number of aromatic nitrogens is 4. The quantitative estimate of drug-likeness (QED) is 0.713. The molecular formula is C18H20FN7. The number of piperazine rings is 1. The van der Waals surface area contributed by atoms with Gasteiger partial charge in [0.05, 0.1) is 5.52 Å². The van der Waals surface area contributed by atoms with Gasteiger partial charge < -0.3 is 14.7 Å². The van der Waals surface area contributed by atoms with Gasteiger partial charge in [0, 0.05) is 57.9 Å². The molecule has 0 aliphatic carbocycles. The third kappa shape index (κ3) is 3.10. The first-order chi connectivity index (χ1) is 12.6. The predicted octanol–water partition coefficient (Wildman–Crippen LogP) is 1.95. The van der Waals surface area contributed by atoms with E-state index in [2.05, 4.69) is 29.7 Å². The number of halogens is 1. The minimum absolute atomic E-state index is 0.287. The minimum atomic E-state index is -0.287. The van der Waals surface area contributed by atoms with Crippen LogP contribution in [0.25, 0.3) is 10.9 Å². The largest absolute Gasteiger partial charge is 0.363 e.